The van der Waals surface area contributed by atoms with Crippen LogP contribution in [0, 0.1) is 19.8 Å². The number of anilines is 2. The van der Waals surface area contributed by atoms with E-state index in [-0.39, 0.29) is 18.9 Å². The van der Waals surface area contributed by atoms with Crippen LogP contribution in [-0.2, 0) is 19.1 Å². The Morgan fingerprint density at radius 2 is 1.82 bits per heavy atom. The molecule has 2 aromatic carbocycles. The van der Waals surface area contributed by atoms with E-state index in [4.69, 9.17) is 4.74 Å². The minimum atomic E-state index is -0.561. The molecule has 1 aliphatic heterocycles. The van der Waals surface area contributed by atoms with E-state index >= 15 is 0 Å². The molecule has 1 N–H and O–H groups in total. The summed E-state index contributed by atoms with van der Waals surface area (Å²) in [5, 5.41) is 4.71. The van der Waals surface area contributed by atoms with Crippen LogP contribution in [-0.4, -0.2) is 24.4 Å². The van der Waals surface area contributed by atoms with Gasteiger partial charge >= 0.3 is 5.97 Å². The Morgan fingerprint density at radius 3 is 2.52 bits per heavy atom. The molecule has 1 aromatic heterocycles. The molecule has 33 heavy (non-hydrogen) atoms. The fraction of sp³-hybridized carbons (Fsp3) is 0.269. The second-order valence-electron chi connectivity index (χ2n) is 8.18. The van der Waals surface area contributed by atoms with Gasteiger partial charge in [-0.3, -0.25) is 14.4 Å². The molecule has 1 fully saturated rings. The molecule has 7 heteroatoms. The Labute approximate surface area is 197 Å². The molecule has 2 amide bonds. The predicted molar refractivity (Wildman–Crippen MR) is 129 cm³/mol. The van der Waals surface area contributed by atoms with Gasteiger partial charge in [0.1, 0.15) is 0 Å². The number of para-hydroxylation sites is 1. The quantitative estimate of drug-likeness (QED) is 0.521. The van der Waals surface area contributed by atoms with Crippen molar-refractivity contribution in [3.63, 3.8) is 0 Å². The summed E-state index contributed by atoms with van der Waals surface area (Å²) < 4.78 is 5.44. The average molecular weight is 463 g/mol. The van der Waals surface area contributed by atoms with E-state index in [2.05, 4.69) is 5.32 Å². The van der Waals surface area contributed by atoms with Gasteiger partial charge in [0.2, 0.25) is 5.91 Å². The lowest BCUT2D eigenvalue weighted by molar-refractivity contribution is -0.153. The first kappa shape index (κ1) is 22.7. The Hall–Kier alpha value is -3.45. The van der Waals surface area contributed by atoms with Crippen LogP contribution in [0.1, 0.15) is 34.9 Å². The smallest absolute Gasteiger partial charge is 0.311 e. The number of carbonyl (C=O) groups is 3. The molecule has 1 aliphatic rings. The molecule has 2 atom stereocenters. The number of nitrogens with zero attached hydrogens (tertiary/aromatic N) is 1. The van der Waals surface area contributed by atoms with Gasteiger partial charge < -0.3 is 15.0 Å². The van der Waals surface area contributed by atoms with Crippen LogP contribution in [0.5, 0.6) is 0 Å². The van der Waals surface area contributed by atoms with Crippen LogP contribution in [0.3, 0.4) is 0 Å². The SMILES string of the molecule is Cc1ccc(N2C(=O)CCC(C(=O)OCC(=O)Nc3ccccc3C)C2c2cccs2)cc1. The van der Waals surface area contributed by atoms with Crippen LogP contribution < -0.4 is 10.2 Å². The fourth-order valence-electron chi connectivity index (χ4n) is 4.08. The summed E-state index contributed by atoms with van der Waals surface area (Å²) in [5.41, 5.74) is 3.45. The first-order valence-corrected chi connectivity index (χ1v) is 11.8. The highest BCUT2D eigenvalue weighted by Crippen LogP contribution is 2.42. The van der Waals surface area contributed by atoms with Crippen molar-refractivity contribution in [3.05, 3.63) is 82.0 Å². The summed E-state index contributed by atoms with van der Waals surface area (Å²) in [7, 11) is 0. The molecule has 0 bridgehead atoms. The summed E-state index contributed by atoms with van der Waals surface area (Å²) in [5.74, 6) is -1.46. The minimum absolute atomic E-state index is 0.0291. The lowest BCUT2D eigenvalue weighted by Gasteiger charge is -2.39. The number of amides is 2. The van der Waals surface area contributed by atoms with Crippen molar-refractivity contribution in [3.8, 4) is 0 Å². The molecule has 170 valence electrons. The van der Waals surface area contributed by atoms with E-state index < -0.39 is 23.8 Å². The monoisotopic (exact) mass is 462 g/mol. The summed E-state index contributed by atoms with van der Waals surface area (Å²) >= 11 is 1.50. The molecule has 0 spiro atoms. The van der Waals surface area contributed by atoms with E-state index in [1.165, 1.54) is 11.3 Å². The average Bonchev–Trinajstić information content (AvgIpc) is 3.34. The van der Waals surface area contributed by atoms with Crippen LogP contribution >= 0.6 is 11.3 Å². The minimum Gasteiger partial charge on any atom is -0.455 e. The van der Waals surface area contributed by atoms with E-state index in [9.17, 15) is 14.4 Å². The number of piperidine rings is 1. The van der Waals surface area contributed by atoms with E-state index in [1.54, 1.807) is 11.0 Å². The van der Waals surface area contributed by atoms with Gasteiger partial charge in [0, 0.05) is 22.7 Å². The van der Waals surface area contributed by atoms with Crippen molar-refractivity contribution in [2.24, 2.45) is 5.92 Å². The number of benzene rings is 2. The van der Waals surface area contributed by atoms with Crippen molar-refractivity contribution >= 4 is 40.5 Å². The van der Waals surface area contributed by atoms with Gasteiger partial charge in [-0.15, -0.1) is 11.3 Å². The first-order valence-electron chi connectivity index (χ1n) is 10.9. The first-order chi connectivity index (χ1) is 15.9. The van der Waals surface area contributed by atoms with Gasteiger partial charge in [0.15, 0.2) is 6.61 Å². The molecular weight excluding hydrogens is 436 g/mol. The number of thiophene rings is 1. The van der Waals surface area contributed by atoms with Gasteiger partial charge in [-0.2, -0.15) is 0 Å². The van der Waals surface area contributed by atoms with Crippen molar-refractivity contribution in [1.82, 2.24) is 0 Å². The molecule has 2 unspecified atom stereocenters. The van der Waals surface area contributed by atoms with Gasteiger partial charge in [0.25, 0.3) is 5.91 Å². The summed E-state index contributed by atoms with van der Waals surface area (Å²) in [4.78, 5) is 41.1. The van der Waals surface area contributed by atoms with E-state index in [1.807, 2.05) is 73.8 Å². The Bertz CT molecular complexity index is 1140. The van der Waals surface area contributed by atoms with E-state index in [0.717, 1.165) is 21.7 Å². The van der Waals surface area contributed by atoms with Crippen LogP contribution in [0.4, 0.5) is 11.4 Å². The summed E-state index contributed by atoms with van der Waals surface area (Å²) in [6.07, 6.45) is 0.618. The topological polar surface area (TPSA) is 75.7 Å². The molecule has 2 heterocycles. The third-order valence-electron chi connectivity index (χ3n) is 5.81. The number of ether oxygens (including phenoxy) is 1. The predicted octanol–water partition coefficient (Wildman–Crippen LogP) is 5.03. The van der Waals surface area contributed by atoms with Crippen molar-refractivity contribution < 1.29 is 19.1 Å². The van der Waals surface area contributed by atoms with Crippen molar-refractivity contribution in [2.75, 3.05) is 16.8 Å². The largest absolute Gasteiger partial charge is 0.455 e. The third kappa shape index (κ3) is 5.14. The van der Waals surface area contributed by atoms with Crippen molar-refractivity contribution in [2.45, 2.75) is 32.7 Å². The highest BCUT2D eigenvalue weighted by molar-refractivity contribution is 7.10. The fourth-order valence-corrected chi connectivity index (χ4v) is 4.96. The second kappa shape index (κ2) is 10.0. The molecule has 4 rings (SSSR count). The van der Waals surface area contributed by atoms with Gasteiger partial charge in [-0.25, -0.2) is 0 Å². The lowest BCUT2D eigenvalue weighted by atomic mass is 9.87. The zero-order valence-corrected chi connectivity index (χ0v) is 19.4. The Balaban J connectivity index is 1.52. The molecule has 0 aliphatic carbocycles. The summed E-state index contributed by atoms with van der Waals surface area (Å²) in [6, 6.07) is 18.5. The second-order valence-corrected chi connectivity index (χ2v) is 9.15. The van der Waals surface area contributed by atoms with Crippen LogP contribution in [0.15, 0.2) is 66.0 Å². The maximum Gasteiger partial charge on any atom is 0.311 e. The third-order valence-corrected chi connectivity index (χ3v) is 6.75. The molecule has 1 saturated heterocycles. The number of hydrogen-bond donors (Lipinski definition) is 1. The number of esters is 1. The molecule has 0 saturated carbocycles. The highest BCUT2D eigenvalue weighted by atomic mass is 32.1. The molecule has 3 aromatic rings. The number of carbonyl (C=O) groups excluding carboxylic acids is 3. The number of rotatable bonds is 6. The number of nitrogens with one attached hydrogen (secondary N) is 1. The normalized spacial score (nSPS) is 18.1. The maximum absolute atomic E-state index is 13.1. The zero-order valence-electron chi connectivity index (χ0n) is 18.6. The Morgan fingerprint density at radius 1 is 1.06 bits per heavy atom. The standard InChI is InChI=1S/C26H26N2O4S/c1-17-9-11-19(12-10-17)28-24(30)14-13-20(25(28)22-8-5-15-33-22)26(31)32-16-23(29)27-21-7-4-3-6-18(21)2/h3-12,15,20,25H,13-14,16H2,1-2H3,(H,27,29). The van der Waals surface area contributed by atoms with Gasteiger partial charge in [-0.1, -0.05) is 42.0 Å². The zero-order chi connectivity index (χ0) is 23.4. The van der Waals surface area contributed by atoms with E-state index in [0.29, 0.717) is 12.1 Å². The number of hydrogen-bond acceptors (Lipinski definition) is 5. The summed E-state index contributed by atoms with van der Waals surface area (Å²) in [6.45, 7) is 3.51. The highest BCUT2D eigenvalue weighted by Gasteiger charge is 2.43. The van der Waals surface area contributed by atoms with Gasteiger partial charge in [-0.05, 0) is 55.5 Å². The van der Waals surface area contributed by atoms with Gasteiger partial charge in [0.05, 0.1) is 12.0 Å². The lowest BCUT2D eigenvalue weighted by Crippen LogP contribution is -2.46. The number of aryl methyl sites for hydroxylation is 2. The molecular formula is C26H26N2O4S. The Kier molecular flexibility index (Phi) is 6.89. The maximum atomic E-state index is 13.1. The van der Waals surface area contributed by atoms with Crippen molar-refractivity contribution in [1.29, 1.82) is 0 Å². The molecule has 0 radical (unpaired) electrons. The van der Waals surface area contributed by atoms with Crippen LogP contribution in [0.25, 0.3) is 0 Å². The van der Waals surface area contributed by atoms with Crippen LogP contribution in [0.2, 0.25) is 0 Å². The molecule has 6 nitrogen and oxygen atoms in total.